The minimum absolute atomic E-state index is 0.229. The zero-order valence-corrected chi connectivity index (χ0v) is 37.6. The number of fused-ring (bicyclic) bond motifs is 2. The van der Waals surface area contributed by atoms with Crippen molar-refractivity contribution in [2.24, 2.45) is 0 Å². The average Bonchev–Trinajstić information content (AvgIpc) is 4.18. The van der Waals surface area contributed by atoms with Crippen LogP contribution in [-0.2, 0) is 58.1 Å². The smallest absolute Gasteiger partial charge is 0.227 e. The van der Waals surface area contributed by atoms with Crippen LogP contribution < -0.4 is 20.1 Å². The first-order chi connectivity index (χ1) is 31.8. The molecule has 1 saturated heterocycles. The van der Waals surface area contributed by atoms with Crippen LogP contribution in [0.3, 0.4) is 0 Å². The Morgan fingerprint density at radius 1 is 0.708 bits per heavy atom. The van der Waals surface area contributed by atoms with Crippen molar-refractivity contribution in [2.75, 3.05) is 51.2 Å². The molecule has 2 N–H and O–H groups in total. The largest absolute Gasteiger partial charge is 0.494 e. The van der Waals surface area contributed by atoms with Crippen LogP contribution in [0.15, 0.2) is 61.4 Å². The summed E-state index contributed by atoms with van der Waals surface area (Å²) in [5.41, 5.74) is 11.5. The van der Waals surface area contributed by atoms with E-state index in [2.05, 4.69) is 20.6 Å². The molecule has 0 atom stereocenters. The molecular formula is C48H57N11O6. The highest BCUT2D eigenvalue weighted by atomic mass is 16.5. The van der Waals surface area contributed by atoms with Crippen LogP contribution in [0.25, 0.3) is 11.4 Å². The SMILES string of the molecule is COc1cc(Nc2nc3c(c(CCN4CCCC4=O)n2)COCC3)ccc1-n1cnc(C)c1.COc1cc(Nc2nc3c(c(COC4CCCC4)n2)COCC3)ccc1-n1cnc(C)c1. The van der Waals surface area contributed by atoms with Crippen molar-refractivity contribution in [1.29, 1.82) is 0 Å². The van der Waals surface area contributed by atoms with E-state index >= 15 is 0 Å². The summed E-state index contributed by atoms with van der Waals surface area (Å²) in [4.78, 5) is 41.7. The predicted molar refractivity (Wildman–Crippen MR) is 244 cm³/mol. The van der Waals surface area contributed by atoms with Crippen molar-refractivity contribution in [3.05, 3.63) is 107 Å². The Kier molecular flexibility index (Phi) is 13.6. The minimum Gasteiger partial charge on any atom is -0.494 e. The van der Waals surface area contributed by atoms with Crippen LogP contribution in [0.5, 0.6) is 11.5 Å². The first-order valence-corrected chi connectivity index (χ1v) is 22.5. The summed E-state index contributed by atoms with van der Waals surface area (Å²) in [7, 11) is 3.32. The topological polar surface area (TPSA) is 178 Å². The number of nitrogens with one attached hydrogen (secondary N) is 2. The van der Waals surface area contributed by atoms with E-state index in [1.807, 2.05) is 76.7 Å². The number of imidazole rings is 2. The summed E-state index contributed by atoms with van der Waals surface area (Å²) in [6.07, 6.45) is 16.4. The number of hydrogen-bond donors (Lipinski definition) is 2. The molecule has 65 heavy (non-hydrogen) atoms. The molecule has 3 aliphatic heterocycles. The number of aryl methyl sites for hydroxylation is 2. The second-order valence-corrected chi connectivity index (χ2v) is 16.8. The number of amides is 1. The molecule has 0 spiro atoms. The van der Waals surface area contributed by atoms with Crippen LogP contribution in [0, 0.1) is 13.8 Å². The third kappa shape index (κ3) is 10.4. The van der Waals surface area contributed by atoms with Gasteiger partial charge in [0.2, 0.25) is 17.8 Å². The number of ether oxygens (including phenoxy) is 5. The fourth-order valence-electron chi connectivity index (χ4n) is 8.77. The lowest BCUT2D eigenvalue weighted by molar-refractivity contribution is -0.127. The van der Waals surface area contributed by atoms with Crippen molar-refractivity contribution in [3.63, 3.8) is 0 Å². The van der Waals surface area contributed by atoms with Crippen LogP contribution in [-0.4, -0.2) is 96.5 Å². The molecule has 1 aliphatic carbocycles. The molecule has 7 heterocycles. The lowest BCUT2D eigenvalue weighted by Gasteiger charge is -2.22. The number of benzene rings is 2. The second-order valence-electron chi connectivity index (χ2n) is 16.8. The number of rotatable bonds is 14. The lowest BCUT2D eigenvalue weighted by atomic mass is 10.1. The van der Waals surface area contributed by atoms with Crippen molar-refractivity contribution in [3.8, 4) is 22.9 Å². The first kappa shape index (κ1) is 43.8. The zero-order chi connectivity index (χ0) is 44.7. The standard InChI is InChI=1S/C24H28N6O3.C24H29N5O3/c1-16-13-30(15-25-16)21-6-5-17(12-22(21)32-2)26-24-27-19(7-10-29-9-3-4-23(29)31)18-14-33-11-8-20(18)28-24;1-16-12-29(15-25-16)22-8-7-17(11-23(22)30-2)26-24-27-20-9-10-31-13-19(20)21(28-24)14-32-18-5-3-4-6-18/h5-6,12-13,15H,3-4,7-11,14H2,1-2H3,(H,26,27,28);7-8,11-12,15,18H,3-6,9-10,13-14H2,1-2H3,(H,26,27,28). The van der Waals surface area contributed by atoms with Crippen LogP contribution in [0.4, 0.5) is 23.3 Å². The molecule has 340 valence electrons. The number of hydrogen-bond acceptors (Lipinski definition) is 14. The molecule has 17 nitrogen and oxygen atoms in total. The van der Waals surface area contributed by atoms with E-state index in [0.717, 1.165) is 118 Å². The fraction of sp³-hybridized carbons (Fsp3) is 0.438. The van der Waals surface area contributed by atoms with Gasteiger partial charge in [0, 0.05) is 85.8 Å². The molecule has 2 aromatic carbocycles. The predicted octanol–water partition coefficient (Wildman–Crippen LogP) is 7.22. The summed E-state index contributed by atoms with van der Waals surface area (Å²) in [6, 6.07) is 11.8. The molecule has 0 bridgehead atoms. The Morgan fingerprint density at radius 2 is 1.26 bits per heavy atom. The summed E-state index contributed by atoms with van der Waals surface area (Å²) in [5.74, 6) is 2.81. The molecule has 4 aromatic heterocycles. The van der Waals surface area contributed by atoms with Crippen molar-refractivity contribution >= 4 is 29.2 Å². The van der Waals surface area contributed by atoms with Gasteiger partial charge in [-0.2, -0.15) is 0 Å². The lowest BCUT2D eigenvalue weighted by Crippen LogP contribution is -2.28. The number of anilines is 4. The number of methoxy groups -OCH3 is 2. The summed E-state index contributed by atoms with van der Waals surface area (Å²) < 4.78 is 32.6. The Morgan fingerprint density at radius 3 is 1.77 bits per heavy atom. The first-order valence-electron chi connectivity index (χ1n) is 22.5. The van der Waals surface area contributed by atoms with E-state index in [0.29, 0.717) is 70.4 Å². The summed E-state index contributed by atoms with van der Waals surface area (Å²) in [5, 5.41) is 6.70. The molecule has 1 amide bonds. The Bertz CT molecular complexity index is 2620. The molecule has 2 fully saturated rings. The van der Waals surface area contributed by atoms with Gasteiger partial charge in [0.1, 0.15) is 11.5 Å². The Labute approximate surface area is 378 Å². The van der Waals surface area contributed by atoms with E-state index in [1.54, 1.807) is 26.9 Å². The highest BCUT2D eigenvalue weighted by molar-refractivity contribution is 5.78. The normalized spacial score (nSPS) is 15.9. The van der Waals surface area contributed by atoms with Gasteiger partial charge in [0.25, 0.3) is 0 Å². The highest BCUT2D eigenvalue weighted by Gasteiger charge is 2.24. The number of carbonyl (C=O) groups excluding carboxylic acids is 1. The van der Waals surface area contributed by atoms with E-state index in [4.69, 9.17) is 43.6 Å². The molecule has 1 saturated carbocycles. The average molecular weight is 884 g/mol. The van der Waals surface area contributed by atoms with Crippen molar-refractivity contribution in [1.82, 2.24) is 43.9 Å². The monoisotopic (exact) mass is 883 g/mol. The van der Waals surface area contributed by atoms with E-state index in [-0.39, 0.29) is 5.91 Å². The Balaban J connectivity index is 0.000000164. The third-order valence-corrected chi connectivity index (χ3v) is 12.2. The quantitative estimate of drug-likeness (QED) is 0.112. The Hall–Kier alpha value is -6.43. The van der Waals surface area contributed by atoms with Crippen LogP contribution >= 0.6 is 0 Å². The van der Waals surface area contributed by atoms with E-state index < -0.39 is 0 Å². The highest BCUT2D eigenvalue weighted by Crippen LogP contribution is 2.32. The molecule has 0 radical (unpaired) electrons. The van der Waals surface area contributed by atoms with E-state index in [1.165, 1.54) is 12.8 Å². The number of likely N-dealkylation sites (tertiary alicyclic amines) is 1. The number of nitrogens with zero attached hydrogens (tertiary/aromatic N) is 9. The molecule has 0 unspecified atom stereocenters. The van der Waals surface area contributed by atoms with Crippen LogP contribution in [0.2, 0.25) is 0 Å². The van der Waals surface area contributed by atoms with Gasteiger partial charge < -0.3 is 48.4 Å². The molecule has 17 heteroatoms. The number of carbonyl (C=O) groups is 1. The van der Waals surface area contributed by atoms with Gasteiger partial charge in [-0.25, -0.2) is 29.9 Å². The van der Waals surface area contributed by atoms with E-state index in [9.17, 15) is 4.79 Å². The third-order valence-electron chi connectivity index (χ3n) is 12.2. The molecular weight excluding hydrogens is 827 g/mol. The van der Waals surface area contributed by atoms with Gasteiger partial charge in [-0.1, -0.05) is 12.8 Å². The van der Waals surface area contributed by atoms with Gasteiger partial charge in [-0.3, -0.25) is 4.79 Å². The second kappa shape index (κ2) is 20.2. The van der Waals surface area contributed by atoms with Crippen molar-refractivity contribution in [2.45, 2.75) is 97.6 Å². The fourth-order valence-corrected chi connectivity index (χ4v) is 8.77. The van der Waals surface area contributed by atoms with Gasteiger partial charge in [0.15, 0.2) is 0 Å². The van der Waals surface area contributed by atoms with Gasteiger partial charge in [-0.15, -0.1) is 0 Å². The van der Waals surface area contributed by atoms with Gasteiger partial charge in [-0.05, 0) is 57.4 Å². The molecule has 10 rings (SSSR count). The maximum absolute atomic E-state index is 12.0. The minimum atomic E-state index is 0.229. The molecule has 6 aromatic rings. The van der Waals surface area contributed by atoms with Gasteiger partial charge >= 0.3 is 0 Å². The summed E-state index contributed by atoms with van der Waals surface area (Å²) in [6.45, 7) is 8.32. The van der Waals surface area contributed by atoms with Crippen LogP contribution in [0.1, 0.15) is 83.8 Å². The number of aromatic nitrogens is 8. The maximum atomic E-state index is 12.0. The molecule has 4 aliphatic rings. The summed E-state index contributed by atoms with van der Waals surface area (Å²) >= 11 is 0. The zero-order valence-electron chi connectivity index (χ0n) is 37.6. The maximum Gasteiger partial charge on any atom is 0.227 e. The van der Waals surface area contributed by atoms with Crippen molar-refractivity contribution < 1.29 is 28.5 Å². The van der Waals surface area contributed by atoms with Gasteiger partial charge in [0.05, 0.1) is 112 Å².